The molecule has 0 aliphatic carbocycles. The molecular formula is C14H26N4O. The minimum atomic E-state index is 0.297. The number of aliphatic hydroxyl groups excluding tert-OH is 1. The minimum Gasteiger partial charge on any atom is -0.396 e. The van der Waals surface area contributed by atoms with Crippen molar-refractivity contribution in [2.75, 3.05) is 30.8 Å². The summed E-state index contributed by atoms with van der Waals surface area (Å²) in [5.74, 6) is 2.64. The summed E-state index contributed by atoms with van der Waals surface area (Å²) in [4.78, 5) is 8.92. The summed E-state index contributed by atoms with van der Waals surface area (Å²) in [6.45, 7) is 3.34. The van der Waals surface area contributed by atoms with Crippen LogP contribution in [0.15, 0.2) is 6.07 Å². The maximum Gasteiger partial charge on any atom is 0.133 e. The highest BCUT2D eigenvalue weighted by atomic mass is 16.2. The summed E-state index contributed by atoms with van der Waals surface area (Å²) in [5.41, 5.74) is 0. The van der Waals surface area contributed by atoms with Gasteiger partial charge in [0, 0.05) is 32.7 Å². The third-order valence-electron chi connectivity index (χ3n) is 2.89. The largest absolute Gasteiger partial charge is 0.396 e. The smallest absolute Gasteiger partial charge is 0.133 e. The first-order chi connectivity index (χ1) is 9.30. The van der Waals surface area contributed by atoms with Crippen LogP contribution in [0.4, 0.5) is 11.6 Å². The molecule has 0 bridgehead atoms. The Balaban J connectivity index is 2.41. The molecule has 1 aromatic heterocycles. The van der Waals surface area contributed by atoms with E-state index in [0.717, 1.165) is 62.5 Å². The fourth-order valence-corrected chi connectivity index (χ4v) is 1.86. The quantitative estimate of drug-likeness (QED) is 0.567. The molecule has 0 aliphatic heterocycles. The van der Waals surface area contributed by atoms with Gasteiger partial charge < -0.3 is 15.7 Å². The second-order valence-corrected chi connectivity index (χ2v) is 4.62. The molecule has 1 aromatic rings. The van der Waals surface area contributed by atoms with Gasteiger partial charge in [0.2, 0.25) is 0 Å². The van der Waals surface area contributed by atoms with Gasteiger partial charge in [-0.2, -0.15) is 0 Å². The van der Waals surface area contributed by atoms with Gasteiger partial charge in [-0.1, -0.05) is 19.8 Å². The van der Waals surface area contributed by atoms with Crippen LogP contribution in [0.25, 0.3) is 0 Å². The highest BCUT2D eigenvalue weighted by Gasteiger charge is 2.02. The lowest BCUT2D eigenvalue weighted by molar-refractivity contribution is 0.283. The van der Waals surface area contributed by atoms with Crippen molar-refractivity contribution in [3.05, 3.63) is 11.9 Å². The molecule has 5 heteroatoms. The van der Waals surface area contributed by atoms with Crippen molar-refractivity contribution in [3.63, 3.8) is 0 Å². The first-order valence-electron chi connectivity index (χ1n) is 7.20. The fourth-order valence-electron chi connectivity index (χ4n) is 1.86. The number of rotatable bonds is 10. The van der Waals surface area contributed by atoms with E-state index in [1.807, 2.05) is 13.1 Å². The average molecular weight is 266 g/mol. The van der Waals surface area contributed by atoms with Gasteiger partial charge in [-0.15, -0.1) is 0 Å². The molecule has 0 saturated heterocycles. The van der Waals surface area contributed by atoms with E-state index in [-0.39, 0.29) is 0 Å². The van der Waals surface area contributed by atoms with E-state index >= 15 is 0 Å². The molecule has 0 spiro atoms. The second kappa shape index (κ2) is 9.55. The van der Waals surface area contributed by atoms with Crippen LogP contribution < -0.4 is 10.6 Å². The molecular weight excluding hydrogens is 240 g/mol. The first-order valence-corrected chi connectivity index (χ1v) is 7.20. The number of nitrogens with one attached hydrogen (secondary N) is 2. The molecule has 0 amide bonds. The summed E-state index contributed by atoms with van der Waals surface area (Å²) in [6.07, 6.45) is 6.18. The van der Waals surface area contributed by atoms with Crippen molar-refractivity contribution >= 4 is 11.6 Å². The second-order valence-electron chi connectivity index (χ2n) is 4.62. The van der Waals surface area contributed by atoms with E-state index in [0.29, 0.717) is 6.61 Å². The van der Waals surface area contributed by atoms with Crippen molar-refractivity contribution in [1.29, 1.82) is 0 Å². The Hall–Kier alpha value is -1.36. The maximum absolute atomic E-state index is 8.70. The molecule has 0 radical (unpaired) electrons. The normalized spacial score (nSPS) is 10.5. The molecule has 0 saturated carbocycles. The van der Waals surface area contributed by atoms with Crippen molar-refractivity contribution < 1.29 is 5.11 Å². The van der Waals surface area contributed by atoms with Gasteiger partial charge in [0.25, 0.3) is 0 Å². The van der Waals surface area contributed by atoms with Crippen LogP contribution in [0.1, 0.15) is 44.9 Å². The Morgan fingerprint density at radius 2 is 1.84 bits per heavy atom. The summed E-state index contributed by atoms with van der Waals surface area (Å²) in [6, 6.07) is 1.94. The number of aryl methyl sites for hydroxylation is 1. The predicted octanol–water partition coefficient (Wildman–Crippen LogP) is 2.44. The summed E-state index contributed by atoms with van der Waals surface area (Å²) >= 11 is 0. The zero-order valence-corrected chi connectivity index (χ0v) is 12.1. The molecule has 0 aromatic carbocycles. The van der Waals surface area contributed by atoms with E-state index in [1.54, 1.807) is 0 Å². The Bertz CT molecular complexity index is 357. The Morgan fingerprint density at radius 3 is 2.53 bits per heavy atom. The maximum atomic E-state index is 8.70. The number of hydrogen-bond donors (Lipinski definition) is 3. The Kier molecular flexibility index (Phi) is 7.89. The predicted molar refractivity (Wildman–Crippen MR) is 79.6 cm³/mol. The summed E-state index contributed by atoms with van der Waals surface area (Å²) in [7, 11) is 1.87. The molecule has 108 valence electrons. The van der Waals surface area contributed by atoms with E-state index in [4.69, 9.17) is 5.11 Å². The Labute approximate surface area is 115 Å². The molecule has 0 atom stereocenters. The topological polar surface area (TPSA) is 70.1 Å². The minimum absolute atomic E-state index is 0.297. The fraction of sp³-hybridized carbons (Fsp3) is 0.714. The SMILES string of the molecule is CCCc1nc(NC)cc(NCCCCCCO)n1. The van der Waals surface area contributed by atoms with Gasteiger partial charge in [0.15, 0.2) is 0 Å². The highest BCUT2D eigenvalue weighted by molar-refractivity contribution is 5.47. The monoisotopic (exact) mass is 266 g/mol. The number of aliphatic hydroxyl groups is 1. The lowest BCUT2D eigenvalue weighted by Gasteiger charge is -2.09. The lowest BCUT2D eigenvalue weighted by atomic mass is 10.2. The summed E-state index contributed by atoms with van der Waals surface area (Å²) < 4.78 is 0. The number of unbranched alkanes of at least 4 members (excludes halogenated alkanes) is 3. The van der Waals surface area contributed by atoms with Crippen LogP contribution in [0, 0.1) is 0 Å². The van der Waals surface area contributed by atoms with Gasteiger partial charge in [0.1, 0.15) is 17.5 Å². The molecule has 0 unspecified atom stereocenters. The van der Waals surface area contributed by atoms with E-state index in [2.05, 4.69) is 27.5 Å². The first kappa shape index (κ1) is 15.7. The zero-order valence-electron chi connectivity index (χ0n) is 12.1. The van der Waals surface area contributed by atoms with Crippen LogP contribution >= 0.6 is 0 Å². The van der Waals surface area contributed by atoms with Crippen LogP contribution in [-0.2, 0) is 6.42 Å². The number of anilines is 2. The van der Waals surface area contributed by atoms with Gasteiger partial charge in [-0.05, 0) is 19.3 Å². The molecule has 3 N–H and O–H groups in total. The number of hydrogen-bond acceptors (Lipinski definition) is 5. The number of nitrogens with zero attached hydrogens (tertiary/aromatic N) is 2. The zero-order chi connectivity index (χ0) is 13.9. The third-order valence-corrected chi connectivity index (χ3v) is 2.89. The lowest BCUT2D eigenvalue weighted by Crippen LogP contribution is -2.08. The van der Waals surface area contributed by atoms with Crippen molar-refractivity contribution in [1.82, 2.24) is 9.97 Å². The van der Waals surface area contributed by atoms with Crippen LogP contribution in [0.3, 0.4) is 0 Å². The molecule has 5 nitrogen and oxygen atoms in total. The van der Waals surface area contributed by atoms with Crippen LogP contribution in [0.5, 0.6) is 0 Å². The molecule has 1 heterocycles. The van der Waals surface area contributed by atoms with E-state index in [1.165, 1.54) is 0 Å². The molecule has 1 rings (SSSR count). The number of aromatic nitrogens is 2. The van der Waals surface area contributed by atoms with Gasteiger partial charge in [0.05, 0.1) is 0 Å². The van der Waals surface area contributed by atoms with Crippen LogP contribution in [-0.4, -0.2) is 35.3 Å². The van der Waals surface area contributed by atoms with Gasteiger partial charge >= 0.3 is 0 Å². The van der Waals surface area contributed by atoms with Crippen molar-refractivity contribution in [2.24, 2.45) is 0 Å². The third kappa shape index (κ3) is 6.38. The van der Waals surface area contributed by atoms with Gasteiger partial charge in [-0.3, -0.25) is 0 Å². The van der Waals surface area contributed by atoms with E-state index < -0.39 is 0 Å². The van der Waals surface area contributed by atoms with Crippen LogP contribution in [0.2, 0.25) is 0 Å². The average Bonchev–Trinajstić information content (AvgIpc) is 2.43. The highest BCUT2D eigenvalue weighted by Crippen LogP contribution is 2.12. The summed E-state index contributed by atoms with van der Waals surface area (Å²) in [5, 5.41) is 15.1. The molecule has 0 aliphatic rings. The molecule has 19 heavy (non-hydrogen) atoms. The van der Waals surface area contributed by atoms with E-state index in [9.17, 15) is 0 Å². The van der Waals surface area contributed by atoms with Crippen molar-refractivity contribution in [2.45, 2.75) is 45.4 Å². The molecule has 0 fully saturated rings. The van der Waals surface area contributed by atoms with Crippen molar-refractivity contribution in [3.8, 4) is 0 Å². The standard InChI is InChI=1S/C14H26N4O/c1-3-8-12-17-13(15-2)11-14(18-12)16-9-6-4-5-7-10-19/h11,19H,3-10H2,1-2H3,(H2,15,16,17,18). The van der Waals surface area contributed by atoms with Gasteiger partial charge in [-0.25, -0.2) is 9.97 Å². The Morgan fingerprint density at radius 1 is 1.11 bits per heavy atom.